The van der Waals surface area contributed by atoms with E-state index in [1.165, 1.54) is 0 Å². The molecule has 53 heavy (non-hydrogen) atoms. The Balaban J connectivity index is 1.77. The van der Waals surface area contributed by atoms with Crippen molar-refractivity contribution in [2.45, 2.75) is 123 Å². The van der Waals surface area contributed by atoms with Gasteiger partial charge in [-0.1, -0.05) is 70.2 Å². The monoisotopic (exact) mass is 739 g/mol. The molecule has 2 aliphatic rings. The Kier molecular flexibility index (Phi) is 15.6. The molecule has 1 fully saturated rings. The van der Waals surface area contributed by atoms with Crippen LogP contribution in [0.1, 0.15) is 105 Å². The van der Waals surface area contributed by atoms with Gasteiger partial charge >= 0.3 is 12.1 Å². The first kappa shape index (κ1) is 42.7. The Morgan fingerprint density at radius 3 is 2.21 bits per heavy atom. The molecule has 0 radical (unpaired) electrons. The van der Waals surface area contributed by atoms with Gasteiger partial charge in [0.25, 0.3) is 5.91 Å². The first-order valence-corrected chi connectivity index (χ1v) is 18.5. The van der Waals surface area contributed by atoms with Gasteiger partial charge in [-0.05, 0) is 88.5 Å². The average Bonchev–Trinajstić information content (AvgIpc) is 3.84. The van der Waals surface area contributed by atoms with Gasteiger partial charge in [0.2, 0.25) is 23.5 Å². The van der Waals surface area contributed by atoms with Crippen LogP contribution in [0.3, 0.4) is 0 Å². The quantitative estimate of drug-likeness (QED) is 0.121. The highest BCUT2D eigenvalue weighted by molar-refractivity contribution is 6.38. The third kappa shape index (κ3) is 14.7. The van der Waals surface area contributed by atoms with Gasteiger partial charge in [-0.2, -0.15) is 0 Å². The maximum Gasteiger partial charge on any atom is 0.407 e. The van der Waals surface area contributed by atoms with E-state index in [1.54, 1.807) is 51.1 Å². The van der Waals surface area contributed by atoms with Gasteiger partial charge < -0.3 is 36.1 Å². The number of ketones is 1. The summed E-state index contributed by atoms with van der Waals surface area (Å²) in [5.41, 5.74) is -0.672. The zero-order valence-corrected chi connectivity index (χ0v) is 32.0. The smallest absolute Gasteiger partial charge is 0.407 e. The number of hydrogen-bond donors (Lipinski definition) is 5. The molecule has 3 rings (SSSR count). The second kappa shape index (κ2) is 19.4. The number of nitrogens with one attached hydrogen (secondary N) is 5. The summed E-state index contributed by atoms with van der Waals surface area (Å²) in [6.45, 7) is 12.2. The summed E-state index contributed by atoms with van der Waals surface area (Å²) in [5, 5.41) is 13.0. The SMILES string of the molecule is CC(C)COC(=O)N[C@H]1CCC=CCC2(CC2)CC(C(=O)C(=O)NCC(=O)N[C@H](C(=O)OC(C)(C)C)c2ccccc2)NC(=O)[C@H](CC(C)C)NC1=O. The third-order valence-electron chi connectivity index (χ3n) is 8.78. The van der Waals surface area contributed by atoms with Gasteiger partial charge in [0.1, 0.15) is 17.7 Å². The van der Waals surface area contributed by atoms with Crippen LogP contribution >= 0.6 is 0 Å². The first-order valence-electron chi connectivity index (χ1n) is 18.5. The fourth-order valence-electron chi connectivity index (χ4n) is 5.87. The molecular formula is C39H57N5O9. The molecule has 1 aliphatic carbocycles. The number of alkyl carbamates (subject to hydrolysis) is 1. The molecule has 1 unspecified atom stereocenters. The summed E-state index contributed by atoms with van der Waals surface area (Å²) in [6, 6.07) is 4.03. The topological polar surface area (TPSA) is 198 Å². The van der Waals surface area contributed by atoms with E-state index < -0.39 is 77.8 Å². The molecular weight excluding hydrogens is 682 g/mol. The van der Waals surface area contributed by atoms with E-state index in [2.05, 4.69) is 26.6 Å². The summed E-state index contributed by atoms with van der Waals surface area (Å²) in [6.07, 6.45) is 6.43. The molecule has 0 bridgehead atoms. The molecule has 1 aromatic carbocycles. The van der Waals surface area contributed by atoms with Crippen LogP contribution in [-0.2, 0) is 38.2 Å². The standard InChI is InChI=1S/C39H57N5O9/c1-24(2)20-28-34(48)42-29(21-39(18-19-39)17-13-9-12-16-27(33(47)41-28)43-37(51)52-23-25(3)4)32(46)35(49)40-22-30(45)44-31(26-14-10-8-11-15-26)36(50)53-38(5,6)7/h8-11,13-15,24-25,27-29,31H,12,16-23H2,1-7H3,(H,40,49)(H,41,47)(H,42,48)(H,43,51)(H,44,45)/t27-,28-,29?,31-/m0/s1. The van der Waals surface area contributed by atoms with Gasteiger partial charge in [0.15, 0.2) is 6.04 Å². The lowest BCUT2D eigenvalue weighted by Gasteiger charge is -2.28. The Bertz CT molecular complexity index is 1500. The molecule has 1 aromatic rings. The Hall–Kier alpha value is -4.75. The van der Waals surface area contributed by atoms with Crippen LogP contribution in [0.2, 0.25) is 0 Å². The van der Waals surface area contributed by atoms with Gasteiger partial charge in [0.05, 0.1) is 19.2 Å². The molecule has 14 heteroatoms. The van der Waals surface area contributed by atoms with Crippen molar-refractivity contribution in [2.24, 2.45) is 17.3 Å². The summed E-state index contributed by atoms with van der Waals surface area (Å²) < 4.78 is 10.7. The van der Waals surface area contributed by atoms with Crippen molar-refractivity contribution in [1.82, 2.24) is 26.6 Å². The number of carbonyl (C=O) groups excluding carboxylic acids is 7. The minimum absolute atomic E-state index is 0.0404. The van der Waals surface area contributed by atoms with Crippen molar-refractivity contribution >= 4 is 41.5 Å². The molecule has 292 valence electrons. The van der Waals surface area contributed by atoms with E-state index in [-0.39, 0.29) is 43.1 Å². The lowest BCUT2D eigenvalue weighted by Crippen LogP contribution is -2.57. The number of Topliss-reactive ketones (excluding diaryl/α,β-unsaturated/α-hetero) is 1. The van der Waals surface area contributed by atoms with Crippen molar-refractivity contribution in [3.05, 3.63) is 48.0 Å². The number of carbonyl (C=O) groups is 7. The molecule has 1 saturated carbocycles. The number of allylic oxidation sites excluding steroid dienone is 2. The van der Waals surface area contributed by atoms with Crippen LogP contribution in [-0.4, -0.2) is 78.4 Å². The van der Waals surface area contributed by atoms with E-state index >= 15 is 0 Å². The van der Waals surface area contributed by atoms with Crippen LogP contribution < -0.4 is 26.6 Å². The summed E-state index contributed by atoms with van der Waals surface area (Å²) in [7, 11) is 0. The Morgan fingerprint density at radius 2 is 1.60 bits per heavy atom. The number of rotatable bonds is 12. The number of ether oxygens (including phenoxy) is 2. The van der Waals surface area contributed by atoms with Crippen LogP contribution in [0.5, 0.6) is 0 Å². The fraction of sp³-hybridized carbons (Fsp3) is 0.615. The molecule has 5 N–H and O–H groups in total. The van der Waals surface area contributed by atoms with Crippen molar-refractivity contribution in [2.75, 3.05) is 13.2 Å². The van der Waals surface area contributed by atoms with Crippen molar-refractivity contribution in [3.8, 4) is 0 Å². The second-order valence-corrected chi connectivity index (χ2v) is 15.9. The maximum atomic E-state index is 13.8. The maximum absolute atomic E-state index is 13.8. The lowest BCUT2D eigenvalue weighted by molar-refractivity contribution is -0.158. The molecule has 0 aromatic heterocycles. The zero-order valence-electron chi connectivity index (χ0n) is 32.0. The predicted molar refractivity (Wildman–Crippen MR) is 197 cm³/mol. The van der Waals surface area contributed by atoms with Crippen LogP contribution in [0, 0.1) is 17.3 Å². The number of hydrogen-bond acceptors (Lipinski definition) is 9. The fourth-order valence-corrected chi connectivity index (χ4v) is 5.87. The number of benzene rings is 1. The van der Waals surface area contributed by atoms with Crippen LogP contribution in [0.15, 0.2) is 42.5 Å². The van der Waals surface area contributed by atoms with Gasteiger partial charge in [-0.25, -0.2) is 9.59 Å². The number of esters is 1. The van der Waals surface area contributed by atoms with E-state index in [0.29, 0.717) is 18.4 Å². The summed E-state index contributed by atoms with van der Waals surface area (Å²) in [5.74, 6) is -4.63. The summed E-state index contributed by atoms with van der Waals surface area (Å²) >= 11 is 0. The van der Waals surface area contributed by atoms with Crippen LogP contribution in [0.25, 0.3) is 0 Å². The minimum atomic E-state index is -1.24. The van der Waals surface area contributed by atoms with E-state index in [9.17, 15) is 33.6 Å². The highest BCUT2D eigenvalue weighted by Gasteiger charge is 2.46. The van der Waals surface area contributed by atoms with Gasteiger partial charge in [0, 0.05) is 0 Å². The molecule has 14 nitrogen and oxygen atoms in total. The van der Waals surface area contributed by atoms with E-state index in [1.807, 2.05) is 39.8 Å². The molecule has 1 heterocycles. The van der Waals surface area contributed by atoms with E-state index in [4.69, 9.17) is 9.47 Å². The average molecular weight is 740 g/mol. The predicted octanol–water partition coefficient (Wildman–Crippen LogP) is 3.55. The molecule has 1 aliphatic heterocycles. The van der Waals surface area contributed by atoms with Gasteiger partial charge in [-0.3, -0.25) is 24.0 Å². The third-order valence-corrected chi connectivity index (χ3v) is 8.78. The second-order valence-electron chi connectivity index (χ2n) is 15.9. The Labute approximate surface area is 312 Å². The van der Waals surface area contributed by atoms with E-state index in [0.717, 1.165) is 12.8 Å². The highest BCUT2D eigenvalue weighted by atomic mass is 16.6. The lowest BCUT2D eigenvalue weighted by atomic mass is 9.90. The first-order chi connectivity index (χ1) is 24.9. The summed E-state index contributed by atoms with van der Waals surface area (Å²) in [4.78, 5) is 92.7. The minimum Gasteiger partial charge on any atom is -0.458 e. The van der Waals surface area contributed by atoms with Crippen molar-refractivity contribution in [3.63, 3.8) is 0 Å². The molecule has 0 saturated heterocycles. The largest absolute Gasteiger partial charge is 0.458 e. The van der Waals surface area contributed by atoms with Crippen molar-refractivity contribution < 1.29 is 43.0 Å². The molecule has 5 amide bonds. The number of amides is 5. The molecule has 4 atom stereocenters. The highest BCUT2D eigenvalue weighted by Crippen LogP contribution is 2.53. The van der Waals surface area contributed by atoms with Gasteiger partial charge in [-0.15, -0.1) is 0 Å². The van der Waals surface area contributed by atoms with Crippen LogP contribution in [0.4, 0.5) is 4.79 Å². The normalized spacial score (nSPS) is 21.0. The molecule has 1 spiro atoms. The zero-order chi connectivity index (χ0) is 39.3. The Morgan fingerprint density at radius 1 is 0.925 bits per heavy atom. The van der Waals surface area contributed by atoms with Crippen molar-refractivity contribution in [1.29, 1.82) is 0 Å².